The van der Waals surface area contributed by atoms with Crippen molar-refractivity contribution in [2.45, 2.75) is 102 Å². The van der Waals surface area contributed by atoms with Crippen LogP contribution in [0.2, 0.25) is 0 Å². The number of fused-ring (bicyclic) bond motifs is 2. The predicted octanol–water partition coefficient (Wildman–Crippen LogP) is 5.68. The molecule has 4 N–H and O–H groups in total. The van der Waals surface area contributed by atoms with E-state index in [1.807, 2.05) is 12.3 Å². The number of aromatic amines is 1. The Morgan fingerprint density at radius 1 is 0.918 bits per heavy atom. The number of hydrogen-bond acceptors (Lipinski definition) is 8. The molecule has 0 spiro atoms. The molecule has 2 atom stereocenters. The first-order valence-corrected chi connectivity index (χ1v) is 17.9. The van der Waals surface area contributed by atoms with Gasteiger partial charge in [-0.05, 0) is 63.9 Å². The lowest BCUT2D eigenvalue weighted by atomic mass is 10.0. The van der Waals surface area contributed by atoms with Gasteiger partial charge < -0.3 is 15.6 Å². The second kappa shape index (κ2) is 15.8. The molecule has 1 aromatic carbocycles. The van der Waals surface area contributed by atoms with Crippen molar-refractivity contribution in [3.63, 3.8) is 0 Å². The van der Waals surface area contributed by atoms with E-state index in [2.05, 4.69) is 43.9 Å². The average Bonchev–Trinajstić information content (AvgIpc) is 3.77. The van der Waals surface area contributed by atoms with Crippen LogP contribution in [0.3, 0.4) is 0 Å². The van der Waals surface area contributed by atoms with E-state index in [0.717, 1.165) is 86.6 Å². The summed E-state index contributed by atoms with van der Waals surface area (Å²) in [4.78, 5) is 74.0. The Bertz CT molecular complexity index is 1720. The molecule has 1 unspecified atom stereocenters. The summed E-state index contributed by atoms with van der Waals surface area (Å²) in [6.45, 7) is 1.79. The van der Waals surface area contributed by atoms with Gasteiger partial charge >= 0.3 is 0 Å². The molecule has 49 heavy (non-hydrogen) atoms. The molecule has 12 nitrogen and oxygen atoms in total. The zero-order valence-electron chi connectivity index (χ0n) is 28.3. The third-order valence-corrected chi connectivity index (χ3v) is 10.0. The number of pyridine rings is 1. The van der Waals surface area contributed by atoms with Crippen molar-refractivity contribution in [3.8, 4) is 0 Å². The molecule has 0 bridgehead atoms. The van der Waals surface area contributed by atoms with Gasteiger partial charge in [0.25, 0.3) is 11.8 Å². The first-order chi connectivity index (χ1) is 23.8. The summed E-state index contributed by atoms with van der Waals surface area (Å²) in [5.41, 5.74) is 3.40. The van der Waals surface area contributed by atoms with Gasteiger partial charge in [0.15, 0.2) is 0 Å². The lowest BCUT2D eigenvalue weighted by Crippen LogP contribution is -2.54. The van der Waals surface area contributed by atoms with Crippen molar-refractivity contribution in [3.05, 3.63) is 53.3 Å². The highest BCUT2D eigenvalue weighted by Gasteiger charge is 2.45. The maximum atomic E-state index is 13.2. The SMILES string of the molecule is CN1CCC[C@@H]1c1cc2cnc(NC(=O)CCCCCCCCCCCNc3cccc4c3C(=O)N(C3CCC(=O)NC3=O)C4=O)cc2[nH]1. The molecule has 3 aliphatic heterocycles. The first kappa shape index (κ1) is 34.3. The van der Waals surface area contributed by atoms with Crippen molar-refractivity contribution >= 4 is 51.9 Å². The molecule has 3 aliphatic rings. The number of nitrogens with one attached hydrogen (secondary N) is 4. The second-order valence-electron chi connectivity index (χ2n) is 13.6. The molecule has 2 fully saturated rings. The van der Waals surface area contributed by atoms with Crippen LogP contribution in [-0.2, 0) is 14.4 Å². The third kappa shape index (κ3) is 8.01. The lowest BCUT2D eigenvalue weighted by molar-refractivity contribution is -0.136. The molecular formula is C37H47N7O5. The van der Waals surface area contributed by atoms with Gasteiger partial charge in [0, 0.05) is 54.5 Å². The van der Waals surface area contributed by atoms with Crippen molar-refractivity contribution in [2.24, 2.45) is 0 Å². The molecule has 2 saturated heterocycles. The van der Waals surface area contributed by atoms with Crippen LogP contribution in [0.25, 0.3) is 10.9 Å². The molecule has 5 heterocycles. The minimum absolute atomic E-state index is 0.00540. The van der Waals surface area contributed by atoms with Crippen molar-refractivity contribution in [2.75, 3.05) is 30.8 Å². The van der Waals surface area contributed by atoms with Gasteiger partial charge in [0.2, 0.25) is 17.7 Å². The predicted molar refractivity (Wildman–Crippen MR) is 187 cm³/mol. The topological polar surface area (TPSA) is 157 Å². The number of carbonyl (C=O) groups is 5. The van der Waals surface area contributed by atoms with E-state index < -0.39 is 29.7 Å². The van der Waals surface area contributed by atoms with Gasteiger partial charge in [-0.15, -0.1) is 0 Å². The summed E-state index contributed by atoms with van der Waals surface area (Å²) in [7, 11) is 2.16. The molecule has 2 aromatic heterocycles. The quantitative estimate of drug-likeness (QED) is 0.112. The Kier molecular flexibility index (Phi) is 11.0. The van der Waals surface area contributed by atoms with Crippen molar-refractivity contribution < 1.29 is 24.0 Å². The van der Waals surface area contributed by atoms with Crippen LogP contribution >= 0.6 is 0 Å². The van der Waals surface area contributed by atoms with Crippen LogP contribution in [0.4, 0.5) is 11.5 Å². The fourth-order valence-electron chi connectivity index (χ4n) is 7.34. The van der Waals surface area contributed by atoms with E-state index in [4.69, 9.17) is 0 Å². The summed E-state index contributed by atoms with van der Waals surface area (Å²) in [5.74, 6) is -1.39. The highest BCUT2D eigenvalue weighted by Crippen LogP contribution is 2.33. The van der Waals surface area contributed by atoms with Crippen LogP contribution in [0, 0.1) is 0 Å². The average molecular weight is 670 g/mol. The molecule has 12 heteroatoms. The Labute approximate surface area is 286 Å². The molecule has 3 aromatic rings. The van der Waals surface area contributed by atoms with E-state index in [0.29, 0.717) is 36.1 Å². The molecule has 0 radical (unpaired) electrons. The van der Waals surface area contributed by atoms with Crippen LogP contribution in [0.1, 0.15) is 122 Å². The zero-order chi connectivity index (χ0) is 34.3. The number of unbranched alkanes of at least 4 members (excludes halogenated alkanes) is 8. The third-order valence-electron chi connectivity index (χ3n) is 10.0. The van der Waals surface area contributed by atoms with Gasteiger partial charge in [-0.25, -0.2) is 4.98 Å². The molecule has 5 amide bonds. The number of anilines is 2. The largest absolute Gasteiger partial charge is 0.384 e. The zero-order valence-corrected chi connectivity index (χ0v) is 28.3. The van der Waals surface area contributed by atoms with Gasteiger partial charge in [0.1, 0.15) is 11.9 Å². The molecule has 0 saturated carbocycles. The van der Waals surface area contributed by atoms with Gasteiger partial charge in [0.05, 0.1) is 16.6 Å². The molecule has 0 aliphatic carbocycles. The summed E-state index contributed by atoms with van der Waals surface area (Å²) < 4.78 is 0. The number of rotatable bonds is 16. The summed E-state index contributed by atoms with van der Waals surface area (Å²) in [6, 6.07) is 8.67. The number of amides is 5. The van der Waals surface area contributed by atoms with E-state index in [-0.39, 0.29) is 24.3 Å². The lowest BCUT2D eigenvalue weighted by Gasteiger charge is -2.27. The number of aromatic nitrogens is 2. The maximum Gasteiger partial charge on any atom is 0.264 e. The highest BCUT2D eigenvalue weighted by molar-refractivity contribution is 6.25. The Balaban J connectivity index is 0.817. The van der Waals surface area contributed by atoms with Gasteiger partial charge in [-0.1, -0.05) is 51.0 Å². The van der Waals surface area contributed by atoms with Crippen molar-refractivity contribution in [1.29, 1.82) is 0 Å². The smallest absolute Gasteiger partial charge is 0.264 e. The Hall–Kier alpha value is -4.58. The van der Waals surface area contributed by atoms with Crippen molar-refractivity contribution in [1.82, 2.24) is 25.1 Å². The monoisotopic (exact) mass is 669 g/mol. The van der Waals surface area contributed by atoms with Crippen LogP contribution < -0.4 is 16.0 Å². The van der Waals surface area contributed by atoms with Gasteiger partial charge in [-0.3, -0.25) is 39.1 Å². The second-order valence-corrected chi connectivity index (χ2v) is 13.6. The molecular weight excluding hydrogens is 622 g/mol. The number of H-pyrrole nitrogens is 1. The maximum absolute atomic E-state index is 13.2. The molecule has 260 valence electrons. The standard InChI is InChI=1S/C37H47N7O5/c1-43-20-12-15-29(43)28-21-24-23-39-31(22-27(24)40-28)41-32(45)16-9-7-5-3-2-4-6-8-10-19-38-26-14-11-13-25-34(26)37(49)44(36(25)48)30-17-18-33(46)42-35(30)47/h11,13-14,21-23,29-30,38,40H,2-10,12,15-20H2,1H3,(H,39,41,45)(H,42,46,47)/t29-,30?/m1/s1. The number of piperidine rings is 1. The number of imide groups is 2. The first-order valence-electron chi connectivity index (χ1n) is 17.9. The number of likely N-dealkylation sites (tertiary alicyclic amines) is 1. The summed E-state index contributed by atoms with van der Waals surface area (Å²) >= 11 is 0. The van der Waals surface area contributed by atoms with E-state index >= 15 is 0 Å². The van der Waals surface area contributed by atoms with E-state index in [9.17, 15) is 24.0 Å². The fourth-order valence-corrected chi connectivity index (χ4v) is 7.34. The van der Waals surface area contributed by atoms with Crippen LogP contribution in [-0.4, -0.2) is 75.5 Å². The van der Waals surface area contributed by atoms with Gasteiger partial charge in [-0.2, -0.15) is 0 Å². The van der Waals surface area contributed by atoms with Crippen LogP contribution in [0.5, 0.6) is 0 Å². The Morgan fingerprint density at radius 2 is 1.67 bits per heavy atom. The summed E-state index contributed by atoms with van der Waals surface area (Å²) in [6.07, 6.45) is 14.5. The minimum Gasteiger partial charge on any atom is -0.384 e. The highest BCUT2D eigenvalue weighted by atomic mass is 16.2. The van der Waals surface area contributed by atoms with Crippen LogP contribution in [0.15, 0.2) is 36.5 Å². The van der Waals surface area contributed by atoms with E-state index in [1.54, 1.807) is 18.2 Å². The number of carbonyl (C=O) groups excluding carboxylic acids is 5. The number of hydrogen-bond donors (Lipinski definition) is 4. The normalized spacial score (nSPS) is 19.5. The number of benzene rings is 1. The fraction of sp³-hybridized carbons (Fsp3) is 0.514. The van der Waals surface area contributed by atoms with E-state index in [1.165, 1.54) is 12.1 Å². The molecule has 6 rings (SSSR count). The Morgan fingerprint density at radius 3 is 2.41 bits per heavy atom. The minimum atomic E-state index is -0.969. The summed E-state index contributed by atoms with van der Waals surface area (Å²) in [5, 5.41) is 9.57. The number of nitrogens with zero attached hydrogens (tertiary/aromatic N) is 3.